The Hall–Kier alpha value is -5.06. The zero-order valence-corrected chi connectivity index (χ0v) is 18.8. The van der Waals surface area contributed by atoms with E-state index >= 15 is 0 Å². The third-order valence-corrected chi connectivity index (χ3v) is 4.75. The van der Waals surface area contributed by atoms with Crippen molar-refractivity contribution in [2.75, 3.05) is 23.2 Å². The van der Waals surface area contributed by atoms with Gasteiger partial charge in [-0.3, -0.25) is 10.1 Å². The summed E-state index contributed by atoms with van der Waals surface area (Å²) in [6.07, 6.45) is 1.40. The number of nitrogens with one attached hydrogen (secondary N) is 3. The molecule has 4 aromatic rings. The molecular formula is C24H22N8O3. The number of hydrogen-bond acceptors (Lipinski definition) is 10. The van der Waals surface area contributed by atoms with E-state index in [1.54, 1.807) is 12.1 Å². The third-order valence-electron chi connectivity index (χ3n) is 4.75. The van der Waals surface area contributed by atoms with Gasteiger partial charge in [-0.2, -0.15) is 20.1 Å². The predicted molar refractivity (Wildman–Crippen MR) is 134 cm³/mol. The number of para-hydroxylation sites is 2. The molecule has 0 saturated carbocycles. The Labute approximate surface area is 201 Å². The Morgan fingerprint density at radius 1 is 0.914 bits per heavy atom. The fraction of sp³-hybridized carbons (Fsp3) is 0.0833. The number of hydrazone groups is 1. The van der Waals surface area contributed by atoms with Crippen LogP contribution in [0.5, 0.6) is 5.75 Å². The number of aromatic nitrogens is 3. The van der Waals surface area contributed by atoms with Crippen molar-refractivity contribution in [3.63, 3.8) is 0 Å². The number of nitro groups is 1. The second kappa shape index (κ2) is 11.2. The summed E-state index contributed by atoms with van der Waals surface area (Å²) in [4.78, 5) is 23.9. The molecule has 0 spiro atoms. The number of nitrogens with zero attached hydrogens (tertiary/aromatic N) is 5. The van der Waals surface area contributed by atoms with Crippen LogP contribution in [0.1, 0.15) is 11.1 Å². The van der Waals surface area contributed by atoms with E-state index in [-0.39, 0.29) is 17.4 Å². The van der Waals surface area contributed by atoms with Crippen LogP contribution in [0.4, 0.5) is 29.2 Å². The fourth-order valence-corrected chi connectivity index (χ4v) is 3.16. The molecule has 0 fully saturated rings. The minimum Gasteiger partial charge on any atom is -0.490 e. The van der Waals surface area contributed by atoms with E-state index in [0.29, 0.717) is 24.0 Å². The lowest BCUT2D eigenvalue weighted by Crippen LogP contribution is -2.09. The van der Waals surface area contributed by atoms with E-state index in [9.17, 15) is 10.1 Å². The molecule has 35 heavy (non-hydrogen) atoms. The maximum atomic E-state index is 11.2. The highest BCUT2D eigenvalue weighted by Crippen LogP contribution is 2.29. The molecule has 11 nitrogen and oxygen atoms in total. The predicted octanol–water partition coefficient (Wildman–Crippen LogP) is 4.59. The van der Waals surface area contributed by atoms with Gasteiger partial charge in [-0.1, -0.05) is 54.6 Å². The number of methoxy groups -OCH3 is 1. The molecule has 11 heteroatoms. The minimum absolute atomic E-state index is 0.107. The van der Waals surface area contributed by atoms with Gasteiger partial charge in [-0.25, -0.2) is 5.43 Å². The Morgan fingerprint density at radius 3 is 2.31 bits per heavy atom. The second-order valence-electron chi connectivity index (χ2n) is 7.16. The van der Waals surface area contributed by atoms with Crippen molar-refractivity contribution in [2.45, 2.75) is 6.54 Å². The van der Waals surface area contributed by atoms with E-state index in [0.717, 1.165) is 11.3 Å². The molecule has 0 bridgehead atoms. The van der Waals surface area contributed by atoms with Gasteiger partial charge in [0.25, 0.3) is 0 Å². The second-order valence-corrected chi connectivity index (χ2v) is 7.16. The number of rotatable bonds is 10. The molecule has 0 aliphatic rings. The molecule has 1 heterocycles. The van der Waals surface area contributed by atoms with Crippen LogP contribution >= 0.6 is 0 Å². The normalized spacial score (nSPS) is 10.7. The first kappa shape index (κ1) is 23.1. The molecule has 0 saturated heterocycles. The molecule has 0 aliphatic carbocycles. The van der Waals surface area contributed by atoms with Gasteiger partial charge in [-0.05, 0) is 23.8 Å². The van der Waals surface area contributed by atoms with Gasteiger partial charge in [-0.15, -0.1) is 0 Å². The maximum Gasteiger partial charge on any atom is 0.311 e. The van der Waals surface area contributed by atoms with Gasteiger partial charge < -0.3 is 15.4 Å². The van der Waals surface area contributed by atoms with Crippen LogP contribution in [0.15, 0.2) is 84.0 Å². The molecule has 0 aliphatic heterocycles. The summed E-state index contributed by atoms with van der Waals surface area (Å²) in [7, 11) is 1.37. The lowest BCUT2D eigenvalue weighted by atomic mass is 10.2. The quantitative estimate of drug-likeness (QED) is 0.172. The average Bonchev–Trinajstić information content (AvgIpc) is 2.88. The van der Waals surface area contributed by atoms with Crippen molar-refractivity contribution in [3.05, 3.63) is 100 Å². The summed E-state index contributed by atoms with van der Waals surface area (Å²) in [5.41, 5.74) is 4.90. The molecule has 176 valence electrons. The number of nitro benzene ring substituents is 1. The molecule has 3 N–H and O–H groups in total. The standard InChI is InChI=1S/C24H22N8O3/c1-35-21-18(11-8-14-20(21)32(33)34)16-26-31-24-29-22(25-15-17-9-4-2-5-10-17)28-23(30-24)27-19-12-6-3-7-13-19/h2-14,16H,15H2,1H3,(H3,25,27,28,29,30,31)/b26-16+. The first-order valence-electron chi connectivity index (χ1n) is 10.6. The monoisotopic (exact) mass is 470 g/mol. The summed E-state index contributed by atoms with van der Waals surface area (Å²) in [6, 6.07) is 23.9. The maximum absolute atomic E-state index is 11.2. The zero-order valence-electron chi connectivity index (χ0n) is 18.8. The number of ether oxygens (including phenoxy) is 1. The lowest BCUT2D eigenvalue weighted by molar-refractivity contribution is -0.385. The van der Waals surface area contributed by atoms with Crippen molar-refractivity contribution < 1.29 is 9.66 Å². The zero-order chi connectivity index (χ0) is 24.5. The molecular weight excluding hydrogens is 448 g/mol. The van der Waals surface area contributed by atoms with E-state index in [4.69, 9.17) is 4.74 Å². The highest BCUT2D eigenvalue weighted by atomic mass is 16.6. The van der Waals surface area contributed by atoms with Crippen LogP contribution in [-0.4, -0.2) is 33.2 Å². The van der Waals surface area contributed by atoms with Gasteiger partial charge in [0.05, 0.1) is 18.2 Å². The topological polar surface area (TPSA) is 139 Å². The minimum atomic E-state index is -0.512. The Bertz CT molecular complexity index is 1320. The van der Waals surface area contributed by atoms with E-state index in [1.807, 2.05) is 60.7 Å². The first-order valence-corrected chi connectivity index (χ1v) is 10.6. The third kappa shape index (κ3) is 6.26. The molecule has 3 aromatic carbocycles. The van der Waals surface area contributed by atoms with E-state index < -0.39 is 4.92 Å². The number of benzene rings is 3. The smallest absolute Gasteiger partial charge is 0.311 e. The van der Waals surface area contributed by atoms with Crippen molar-refractivity contribution in [2.24, 2.45) is 5.10 Å². The van der Waals surface area contributed by atoms with E-state index in [2.05, 4.69) is 36.1 Å². The van der Waals surface area contributed by atoms with Crippen LogP contribution in [0.3, 0.4) is 0 Å². The summed E-state index contributed by atoms with van der Waals surface area (Å²) < 4.78 is 5.20. The number of anilines is 4. The molecule has 0 atom stereocenters. The van der Waals surface area contributed by atoms with Crippen molar-refractivity contribution in [1.82, 2.24) is 15.0 Å². The van der Waals surface area contributed by atoms with Crippen molar-refractivity contribution >= 4 is 35.4 Å². The summed E-state index contributed by atoms with van der Waals surface area (Å²) in [5, 5.41) is 21.7. The van der Waals surface area contributed by atoms with Crippen LogP contribution in [0.2, 0.25) is 0 Å². The summed E-state index contributed by atoms with van der Waals surface area (Å²) >= 11 is 0. The van der Waals surface area contributed by atoms with Gasteiger partial charge in [0.1, 0.15) is 0 Å². The summed E-state index contributed by atoms with van der Waals surface area (Å²) in [5.74, 6) is 0.935. The highest BCUT2D eigenvalue weighted by molar-refractivity contribution is 5.86. The number of hydrogen-bond donors (Lipinski definition) is 3. The Kier molecular flexibility index (Phi) is 7.39. The lowest BCUT2D eigenvalue weighted by Gasteiger charge is -2.10. The van der Waals surface area contributed by atoms with Gasteiger partial charge in [0.15, 0.2) is 0 Å². The van der Waals surface area contributed by atoms with Gasteiger partial charge in [0, 0.05) is 23.9 Å². The van der Waals surface area contributed by atoms with Crippen LogP contribution < -0.4 is 20.8 Å². The molecule has 4 rings (SSSR count). The average molecular weight is 470 g/mol. The molecule has 0 amide bonds. The van der Waals surface area contributed by atoms with E-state index in [1.165, 1.54) is 19.4 Å². The van der Waals surface area contributed by atoms with Crippen molar-refractivity contribution in [1.29, 1.82) is 0 Å². The first-order chi connectivity index (χ1) is 17.1. The molecule has 1 aromatic heterocycles. The van der Waals surface area contributed by atoms with Crippen LogP contribution in [0, 0.1) is 10.1 Å². The SMILES string of the molecule is COc1c(/C=N/Nc2nc(NCc3ccccc3)nc(Nc3ccccc3)n2)cccc1[N+](=O)[O-]. The largest absolute Gasteiger partial charge is 0.490 e. The van der Waals surface area contributed by atoms with Gasteiger partial charge in [0.2, 0.25) is 23.6 Å². The molecule has 0 radical (unpaired) electrons. The summed E-state index contributed by atoms with van der Waals surface area (Å²) in [6.45, 7) is 0.517. The van der Waals surface area contributed by atoms with Crippen LogP contribution in [-0.2, 0) is 6.54 Å². The highest BCUT2D eigenvalue weighted by Gasteiger charge is 2.17. The van der Waals surface area contributed by atoms with Gasteiger partial charge >= 0.3 is 5.69 Å². The molecule has 0 unspecified atom stereocenters. The van der Waals surface area contributed by atoms with Crippen LogP contribution in [0.25, 0.3) is 0 Å². The van der Waals surface area contributed by atoms with Crippen molar-refractivity contribution in [3.8, 4) is 5.75 Å². The Morgan fingerprint density at radius 2 is 1.60 bits per heavy atom. The fourth-order valence-electron chi connectivity index (χ4n) is 3.16. The Balaban J connectivity index is 1.56.